The minimum atomic E-state index is -4.54. The highest BCUT2D eigenvalue weighted by Crippen LogP contribution is 2.32. The molecular formula is C11H12ClF4NO. The van der Waals surface area contributed by atoms with Crippen molar-refractivity contribution in [3.05, 3.63) is 35.1 Å². The Morgan fingerprint density at radius 2 is 1.94 bits per heavy atom. The highest BCUT2D eigenvalue weighted by Gasteiger charge is 2.32. The number of morpholine rings is 1. The number of halogens is 5. The minimum Gasteiger partial charge on any atom is -0.371 e. The normalized spacial score (nSPS) is 20.3. The van der Waals surface area contributed by atoms with Crippen LogP contribution in [0.15, 0.2) is 18.2 Å². The maximum atomic E-state index is 13.1. The first-order valence-electron chi connectivity index (χ1n) is 5.17. The fourth-order valence-corrected chi connectivity index (χ4v) is 1.74. The van der Waals surface area contributed by atoms with E-state index in [-0.39, 0.29) is 18.0 Å². The second-order valence-electron chi connectivity index (χ2n) is 3.83. The lowest BCUT2D eigenvalue weighted by Crippen LogP contribution is -2.33. The van der Waals surface area contributed by atoms with Crippen molar-refractivity contribution in [2.45, 2.75) is 12.3 Å². The number of hydrogen-bond acceptors (Lipinski definition) is 2. The Labute approximate surface area is 108 Å². The average molecular weight is 286 g/mol. The largest absolute Gasteiger partial charge is 0.416 e. The Balaban J connectivity index is 0.00000162. The van der Waals surface area contributed by atoms with Gasteiger partial charge in [-0.05, 0) is 23.8 Å². The predicted octanol–water partition coefficient (Wildman–Crippen LogP) is 2.93. The molecule has 1 heterocycles. The van der Waals surface area contributed by atoms with E-state index in [1.54, 1.807) is 0 Å². The van der Waals surface area contributed by atoms with Gasteiger partial charge < -0.3 is 10.1 Å². The van der Waals surface area contributed by atoms with Crippen LogP contribution in [0.2, 0.25) is 0 Å². The lowest BCUT2D eigenvalue weighted by Gasteiger charge is -2.24. The van der Waals surface area contributed by atoms with Crippen molar-refractivity contribution < 1.29 is 22.3 Å². The van der Waals surface area contributed by atoms with E-state index >= 15 is 0 Å². The van der Waals surface area contributed by atoms with E-state index in [0.29, 0.717) is 25.8 Å². The first-order valence-corrected chi connectivity index (χ1v) is 5.17. The second kappa shape index (κ2) is 5.86. The van der Waals surface area contributed by atoms with Crippen LogP contribution in [0.4, 0.5) is 17.6 Å². The molecule has 0 radical (unpaired) electrons. The molecule has 1 aliphatic rings. The van der Waals surface area contributed by atoms with Crippen molar-refractivity contribution in [2.24, 2.45) is 0 Å². The zero-order chi connectivity index (χ0) is 12.5. The van der Waals surface area contributed by atoms with Gasteiger partial charge in [-0.2, -0.15) is 13.2 Å². The summed E-state index contributed by atoms with van der Waals surface area (Å²) in [4.78, 5) is 0. The van der Waals surface area contributed by atoms with Crippen LogP contribution in [0.3, 0.4) is 0 Å². The fourth-order valence-electron chi connectivity index (χ4n) is 1.74. The van der Waals surface area contributed by atoms with Gasteiger partial charge in [0.2, 0.25) is 0 Å². The lowest BCUT2D eigenvalue weighted by atomic mass is 10.0. The van der Waals surface area contributed by atoms with Crippen LogP contribution in [0.1, 0.15) is 17.2 Å². The van der Waals surface area contributed by atoms with Crippen molar-refractivity contribution >= 4 is 12.4 Å². The van der Waals surface area contributed by atoms with Gasteiger partial charge in [0.1, 0.15) is 5.82 Å². The Bertz CT molecular complexity index is 405. The fraction of sp³-hybridized carbons (Fsp3) is 0.455. The second-order valence-corrected chi connectivity index (χ2v) is 3.83. The van der Waals surface area contributed by atoms with E-state index in [1.807, 2.05) is 0 Å². The molecule has 1 N–H and O–H groups in total. The monoisotopic (exact) mass is 285 g/mol. The summed E-state index contributed by atoms with van der Waals surface area (Å²) < 4.78 is 55.9. The smallest absolute Gasteiger partial charge is 0.371 e. The molecule has 1 aromatic rings. The molecule has 102 valence electrons. The summed E-state index contributed by atoms with van der Waals surface area (Å²) >= 11 is 0. The maximum Gasteiger partial charge on any atom is 0.416 e. The van der Waals surface area contributed by atoms with E-state index in [9.17, 15) is 17.6 Å². The molecule has 1 aromatic carbocycles. The Morgan fingerprint density at radius 3 is 2.50 bits per heavy atom. The summed E-state index contributed by atoms with van der Waals surface area (Å²) in [6.07, 6.45) is -5.07. The highest BCUT2D eigenvalue weighted by atomic mass is 35.5. The van der Waals surface area contributed by atoms with Crippen molar-refractivity contribution in [3.63, 3.8) is 0 Å². The lowest BCUT2D eigenvalue weighted by molar-refractivity contribution is -0.137. The molecule has 0 bridgehead atoms. The van der Waals surface area contributed by atoms with Gasteiger partial charge in [-0.25, -0.2) is 4.39 Å². The summed E-state index contributed by atoms with van der Waals surface area (Å²) in [7, 11) is 0. The van der Waals surface area contributed by atoms with E-state index < -0.39 is 23.7 Å². The van der Waals surface area contributed by atoms with Gasteiger partial charge in [0.25, 0.3) is 0 Å². The molecule has 0 aliphatic carbocycles. The molecule has 2 rings (SSSR count). The van der Waals surface area contributed by atoms with Gasteiger partial charge in [-0.3, -0.25) is 0 Å². The van der Waals surface area contributed by atoms with Crippen molar-refractivity contribution in [1.29, 1.82) is 0 Å². The first kappa shape index (κ1) is 15.2. The molecule has 7 heteroatoms. The van der Waals surface area contributed by atoms with E-state index in [2.05, 4.69) is 5.32 Å². The molecule has 1 atom stereocenters. The quantitative estimate of drug-likeness (QED) is 0.801. The number of ether oxygens (including phenoxy) is 1. The van der Waals surface area contributed by atoms with Crippen LogP contribution in [0.25, 0.3) is 0 Å². The zero-order valence-electron chi connectivity index (χ0n) is 9.26. The Morgan fingerprint density at radius 1 is 1.22 bits per heavy atom. The third-order valence-electron chi connectivity index (χ3n) is 2.55. The topological polar surface area (TPSA) is 21.3 Å². The van der Waals surface area contributed by atoms with Gasteiger partial charge in [0.05, 0.1) is 18.3 Å². The summed E-state index contributed by atoms with van der Waals surface area (Å²) in [5, 5.41) is 2.98. The molecule has 0 amide bonds. The Hall–Kier alpha value is -0.850. The molecule has 18 heavy (non-hydrogen) atoms. The number of alkyl halides is 3. The zero-order valence-corrected chi connectivity index (χ0v) is 10.1. The molecule has 0 aromatic heterocycles. The van der Waals surface area contributed by atoms with Crippen molar-refractivity contribution in [2.75, 3.05) is 19.7 Å². The highest BCUT2D eigenvalue weighted by molar-refractivity contribution is 5.85. The molecule has 2 nitrogen and oxygen atoms in total. The SMILES string of the molecule is Cl.Fc1cc(C2CNCCO2)cc(C(F)(F)F)c1. The molecule has 0 saturated carbocycles. The van der Waals surface area contributed by atoms with Crippen molar-refractivity contribution in [1.82, 2.24) is 5.32 Å². The molecule has 0 spiro atoms. The van der Waals surface area contributed by atoms with Crippen LogP contribution in [-0.4, -0.2) is 19.7 Å². The van der Waals surface area contributed by atoms with Gasteiger partial charge in [0, 0.05) is 13.1 Å². The van der Waals surface area contributed by atoms with Gasteiger partial charge in [-0.1, -0.05) is 0 Å². The van der Waals surface area contributed by atoms with Crippen LogP contribution in [-0.2, 0) is 10.9 Å². The van der Waals surface area contributed by atoms with Crippen LogP contribution in [0, 0.1) is 5.82 Å². The van der Waals surface area contributed by atoms with Gasteiger partial charge in [-0.15, -0.1) is 12.4 Å². The minimum absolute atomic E-state index is 0. The first-order chi connectivity index (χ1) is 7.97. The van der Waals surface area contributed by atoms with Crippen LogP contribution < -0.4 is 5.32 Å². The summed E-state index contributed by atoms with van der Waals surface area (Å²) in [5.41, 5.74) is -0.772. The number of benzene rings is 1. The predicted molar refractivity (Wildman–Crippen MR) is 60.2 cm³/mol. The summed E-state index contributed by atoms with van der Waals surface area (Å²) in [6, 6.07) is 2.49. The third-order valence-corrected chi connectivity index (χ3v) is 2.55. The van der Waals surface area contributed by atoms with Crippen molar-refractivity contribution in [3.8, 4) is 0 Å². The van der Waals surface area contributed by atoms with E-state index in [1.165, 1.54) is 0 Å². The van der Waals surface area contributed by atoms with Crippen LogP contribution >= 0.6 is 12.4 Å². The number of hydrogen-bond donors (Lipinski definition) is 1. The van der Waals surface area contributed by atoms with Gasteiger partial charge in [0.15, 0.2) is 0 Å². The number of rotatable bonds is 1. The standard InChI is InChI=1S/C11H11F4NO.ClH/c12-9-4-7(10-6-16-1-2-17-10)3-8(5-9)11(13,14)15;/h3-5,10,16H,1-2,6H2;1H. The molecule has 1 fully saturated rings. The van der Waals surface area contributed by atoms with E-state index in [0.717, 1.165) is 12.1 Å². The Kier molecular flexibility index (Phi) is 4.95. The van der Waals surface area contributed by atoms with Crippen LogP contribution in [0.5, 0.6) is 0 Å². The summed E-state index contributed by atoms with van der Waals surface area (Å²) in [5.74, 6) is -0.899. The maximum absolute atomic E-state index is 13.1. The third kappa shape index (κ3) is 3.57. The molecule has 1 aliphatic heterocycles. The number of nitrogens with one attached hydrogen (secondary N) is 1. The average Bonchev–Trinajstić information content (AvgIpc) is 2.28. The van der Waals surface area contributed by atoms with Gasteiger partial charge >= 0.3 is 6.18 Å². The molecular weight excluding hydrogens is 274 g/mol. The summed E-state index contributed by atoms with van der Waals surface area (Å²) in [6.45, 7) is 1.45. The van der Waals surface area contributed by atoms with E-state index in [4.69, 9.17) is 4.74 Å². The molecule has 1 unspecified atom stereocenters. The molecule has 1 saturated heterocycles.